The summed E-state index contributed by atoms with van der Waals surface area (Å²) in [5.74, 6) is 0.739. The number of benzene rings is 1. The number of hydrogen-bond donors (Lipinski definition) is 2. The van der Waals surface area contributed by atoms with Crippen molar-refractivity contribution < 1.29 is 14.6 Å². The smallest absolute Gasteiger partial charge is 0.223 e. The Morgan fingerprint density at radius 3 is 2.56 bits per heavy atom. The van der Waals surface area contributed by atoms with E-state index in [1.54, 1.807) is 6.92 Å². The zero-order valence-corrected chi connectivity index (χ0v) is 11.2. The van der Waals surface area contributed by atoms with Crippen molar-refractivity contribution in [1.29, 1.82) is 0 Å². The standard InChI is InChI=1S/C14H21NO3/c1-10-5-4-6-11(2)14(10)18-8-7-13(17)15-9-12(3)16/h4-6,12,16H,7-9H2,1-3H3,(H,15,17)/t12-/m0/s1. The van der Waals surface area contributed by atoms with Crippen molar-refractivity contribution in [2.75, 3.05) is 13.2 Å². The highest BCUT2D eigenvalue weighted by Gasteiger charge is 2.06. The van der Waals surface area contributed by atoms with Gasteiger partial charge in [-0.2, -0.15) is 0 Å². The number of para-hydroxylation sites is 1. The zero-order valence-electron chi connectivity index (χ0n) is 11.2. The molecule has 2 N–H and O–H groups in total. The van der Waals surface area contributed by atoms with Crippen molar-refractivity contribution in [1.82, 2.24) is 5.32 Å². The number of aliphatic hydroxyl groups is 1. The molecule has 1 aromatic rings. The number of amides is 1. The first-order valence-corrected chi connectivity index (χ1v) is 6.14. The van der Waals surface area contributed by atoms with Crippen LogP contribution >= 0.6 is 0 Å². The molecule has 0 spiro atoms. The van der Waals surface area contributed by atoms with Crippen molar-refractivity contribution in [3.05, 3.63) is 29.3 Å². The van der Waals surface area contributed by atoms with Gasteiger partial charge in [0, 0.05) is 6.54 Å². The average Bonchev–Trinajstić information content (AvgIpc) is 2.30. The molecule has 0 unspecified atom stereocenters. The van der Waals surface area contributed by atoms with E-state index in [0.29, 0.717) is 13.0 Å². The molecule has 0 heterocycles. The summed E-state index contributed by atoms with van der Waals surface area (Å²) >= 11 is 0. The van der Waals surface area contributed by atoms with E-state index in [1.165, 1.54) is 0 Å². The summed E-state index contributed by atoms with van der Waals surface area (Å²) in [7, 11) is 0. The maximum Gasteiger partial charge on any atom is 0.223 e. The number of nitrogens with one attached hydrogen (secondary N) is 1. The van der Waals surface area contributed by atoms with E-state index in [-0.39, 0.29) is 12.5 Å². The molecule has 0 aliphatic heterocycles. The lowest BCUT2D eigenvalue weighted by molar-refractivity contribution is -0.122. The van der Waals surface area contributed by atoms with Crippen LogP contribution in [0.2, 0.25) is 0 Å². The molecule has 100 valence electrons. The van der Waals surface area contributed by atoms with Crippen LogP contribution in [-0.2, 0) is 4.79 Å². The molecule has 0 fully saturated rings. The van der Waals surface area contributed by atoms with Crippen molar-refractivity contribution in [2.45, 2.75) is 33.3 Å². The summed E-state index contributed by atoms with van der Waals surface area (Å²) in [6.45, 7) is 6.22. The third-order valence-electron chi connectivity index (χ3n) is 2.58. The van der Waals surface area contributed by atoms with E-state index in [0.717, 1.165) is 16.9 Å². The molecule has 0 saturated heterocycles. The van der Waals surface area contributed by atoms with Crippen LogP contribution in [0.5, 0.6) is 5.75 Å². The van der Waals surface area contributed by atoms with E-state index in [1.807, 2.05) is 32.0 Å². The normalized spacial score (nSPS) is 12.0. The Labute approximate surface area is 108 Å². The van der Waals surface area contributed by atoms with Gasteiger partial charge in [-0.15, -0.1) is 0 Å². The number of aryl methyl sites for hydroxylation is 2. The molecule has 18 heavy (non-hydrogen) atoms. The summed E-state index contributed by atoms with van der Waals surface area (Å²) in [6.07, 6.45) is -0.228. The second kappa shape index (κ2) is 7.01. The van der Waals surface area contributed by atoms with Crippen LogP contribution in [0.25, 0.3) is 0 Å². The highest BCUT2D eigenvalue weighted by atomic mass is 16.5. The fraction of sp³-hybridized carbons (Fsp3) is 0.500. The second-order valence-corrected chi connectivity index (χ2v) is 4.47. The van der Waals surface area contributed by atoms with E-state index < -0.39 is 6.10 Å². The number of ether oxygens (including phenoxy) is 1. The first-order valence-electron chi connectivity index (χ1n) is 6.14. The van der Waals surface area contributed by atoms with Gasteiger partial charge in [0.1, 0.15) is 5.75 Å². The van der Waals surface area contributed by atoms with Crippen LogP contribution in [0.15, 0.2) is 18.2 Å². The van der Waals surface area contributed by atoms with Gasteiger partial charge in [0.15, 0.2) is 0 Å². The van der Waals surface area contributed by atoms with Crippen molar-refractivity contribution in [2.24, 2.45) is 0 Å². The zero-order chi connectivity index (χ0) is 13.5. The molecule has 0 saturated carbocycles. The lowest BCUT2D eigenvalue weighted by Gasteiger charge is -2.12. The highest BCUT2D eigenvalue weighted by Crippen LogP contribution is 2.22. The Balaban J connectivity index is 2.35. The summed E-state index contributed by atoms with van der Waals surface area (Å²) in [4.78, 5) is 11.4. The van der Waals surface area contributed by atoms with Gasteiger partial charge in [0.05, 0.1) is 19.1 Å². The summed E-state index contributed by atoms with van der Waals surface area (Å²) in [6, 6.07) is 5.94. The highest BCUT2D eigenvalue weighted by molar-refractivity contribution is 5.76. The van der Waals surface area contributed by atoms with Gasteiger partial charge >= 0.3 is 0 Å². The molecule has 1 aromatic carbocycles. The Bertz CT molecular complexity index is 382. The van der Waals surface area contributed by atoms with E-state index >= 15 is 0 Å². The Hall–Kier alpha value is -1.55. The number of rotatable bonds is 6. The van der Waals surface area contributed by atoms with Crippen LogP contribution in [0.3, 0.4) is 0 Å². The van der Waals surface area contributed by atoms with Crippen molar-refractivity contribution in [3.63, 3.8) is 0 Å². The molecule has 4 heteroatoms. The van der Waals surface area contributed by atoms with Gasteiger partial charge in [0.25, 0.3) is 0 Å². The van der Waals surface area contributed by atoms with Crippen LogP contribution in [0, 0.1) is 13.8 Å². The van der Waals surface area contributed by atoms with Crippen LogP contribution in [0.1, 0.15) is 24.5 Å². The van der Waals surface area contributed by atoms with E-state index in [4.69, 9.17) is 9.84 Å². The van der Waals surface area contributed by atoms with Crippen molar-refractivity contribution in [3.8, 4) is 5.75 Å². The monoisotopic (exact) mass is 251 g/mol. The van der Waals surface area contributed by atoms with E-state index in [9.17, 15) is 4.79 Å². The number of hydrogen-bond acceptors (Lipinski definition) is 3. The predicted octanol–water partition coefficient (Wildman–Crippen LogP) is 1.57. The minimum Gasteiger partial charge on any atom is -0.493 e. The van der Waals surface area contributed by atoms with Crippen LogP contribution < -0.4 is 10.1 Å². The lowest BCUT2D eigenvalue weighted by Crippen LogP contribution is -2.31. The Morgan fingerprint density at radius 2 is 2.00 bits per heavy atom. The molecule has 4 nitrogen and oxygen atoms in total. The fourth-order valence-corrected chi connectivity index (χ4v) is 1.62. The minimum absolute atomic E-state index is 0.109. The quantitative estimate of drug-likeness (QED) is 0.807. The molecule has 1 atom stereocenters. The fourth-order valence-electron chi connectivity index (χ4n) is 1.62. The first kappa shape index (κ1) is 14.5. The number of carbonyl (C=O) groups excluding carboxylic acids is 1. The Kier molecular flexibility index (Phi) is 5.65. The lowest BCUT2D eigenvalue weighted by atomic mass is 10.1. The predicted molar refractivity (Wildman–Crippen MR) is 70.7 cm³/mol. The summed E-state index contributed by atoms with van der Waals surface area (Å²) in [5.41, 5.74) is 2.14. The number of carbonyl (C=O) groups is 1. The molecule has 1 rings (SSSR count). The molecule has 1 amide bonds. The van der Waals surface area contributed by atoms with Crippen molar-refractivity contribution >= 4 is 5.91 Å². The van der Waals surface area contributed by atoms with Gasteiger partial charge in [0.2, 0.25) is 5.91 Å². The SMILES string of the molecule is Cc1cccc(C)c1OCCC(=O)NC[C@H](C)O. The van der Waals surface area contributed by atoms with Gasteiger partial charge in [-0.1, -0.05) is 18.2 Å². The average molecular weight is 251 g/mol. The van der Waals surface area contributed by atoms with Gasteiger partial charge in [-0.3, -0.25) is 4.79 Å². The van der Waals surface area contributed by atoms with Crippen LogP contribution in [-0.4, -0.2) is 30.3 Å². The maximum absolute atomic E-state index is 11.4. The largest absolute Gasteiger partial charge is 0.493 e. The number of aliphatic hydroxyl groups excluding tert-OH is 1. The van der Waals surface area contributed by atoms with Gasteiger partial charge in [-0.05, 0) is 31.9 Å². The maximum atomic E-state index is 11.4. The molecule has 0 aromatic heterocycles. The molecular formula is C14H21NO3. The summed E-state index contributed by atoms with van der Waals surface area (Å²) < 4.78 is 5.62. The summed E-state index contributed by atoms with van der Waals surface area (Å²) in [5, 5.41) is 11.7. The van der Waals surface area contributed by atoms with Gasteiger partial charge < -0.3 is 15.2 Å². The Morgan fingerprint density at radius 1 is 1.39 bits per heavy atom. The topological polar surface area (TPSA) is 58.6 Å². The van der Waals surface area contributed by atoms with E-state index in [2.05, 4.69) is 5.32 Å². The molecule has 0 radical (unpaired) electrons. The third-order valence-corrected chi connectivity index (χ3v) is 2.58. The molecule has 0 aliphatic carbocycles. The third kappa shape index (κ3) is 4.75. The van der Waals surface area contributed by atoms with Gasteiger partial charge in [-0.25, -0.2) is 0 Å². The first-order chi connectivity index (χ1) is 8.50. The molecule has 0 aliphatic rings. The molecular weight excluding hydrogens is 230 g/mol. The second-order valence-electron chi connectivity index (χ2n) is 4.47. The minimum atomic E-state index is -0.520. The molecule has 0 bridgehead atoms. The van der Waals surface area contributed by atoms with Crippen LogP contribution in [0.4, 0.5) is 0 Å².